The van der Waals surface area contributed by atoms with E-state index in [9.17, 15) is 5.11 Å². The Morgan fingerprint density at radius 2 is 1.36 bits per heavy atom. The second kappa shape index (κ2) is 9.17. The molecule has 1 fully saturated rings. The van der Waals surface area contributed by atoms with Crippen LogP contribution in [-0.4, -0.2) is 10.7 Å². The normalized spacial score (nSPS) is 30.4. The van der Waals surface area contributed by atoms with E-state index in [0.717, 1.165) is 35.7 Å². The van der Waals surface area contributed by atoms with E-state index in [-0.39, 0.29) is 23.9 Å². The van der Waals surface area contributed by atoms with Crippen LogP contribution in [0.2, 0.25) is 10.0 Å². The minimum absolute atomic E-state index is 0.0580. The molecule has 0 radical (unpaired) electrons. The summed E-state index contributed by atoms with van der Waals surface area (Å²) in [4.78, 5) is 0. The standard InChI is InChI=1S/C24H31Cl2NO/c1-4-6-21-23(18-9-13-20(26)14-10-18)27-22(16(3)24(21,28)15-5-2)17-7-11-19(25)12-8-17/h7-14,16,21-23,27-28H,4-6,15H2,1-3H3/t16-,21-,22-,23-,24+/m0/s1. The lowest BCUT2D eigenvalue weighted by atomic mass is 9.62. The number of piperidine rings is 1. The minimum atomic E-state index is -0.732. The van der Waals surface area contributed by atoms with E-state index in [1.165, 1.54) is 11.1 Å². The molecule has 28 heavy (non-hydrogen) atoms. The summed E-state index contributed by atoms with van der Waals surface area (Å²) < 4.78 is 0. The van der Waals surface area contributed by atoms with Crippen LogP contribution in [0.25, 0.3) is 0 Å². The third-order valence-corrected chi connectivity index (χ3v) is 6.90. The van der Waals surface area contributed by atoms with Gasteiger partial charge in [0, 0.05) is 34.0 Å². The average Bonchev–Trinajstić information content (AvgIpc) is 2.68. The van der Waals surface area contributed by atoms with Crippen molar-refractivity contribution in [3.05, 3.63) is 69.7 Å². The number of nitrogens with one attached hydrogen (secondary N) is 1. The first-order valence-electron chi connectivity index (χ1n) is 10.4. The van der Waals surface area contributed by atoms with Gasteiger partial charge in [0.05, 0.1) is 5.60 Å². The zero-order chi connectivity index (χ0) is 20.3. The Bertz CT molecular complexity index is 761. The van der Waals surface area contributed by atoms with E-state index < -0.39 is 5.60 Å². The predicted molar refractivity (Wildman–Crippen MR) is 119 cm³/mol. The maximum atomic E-state index is 12.0. The van der Waals surface area contributed by atoms with Gasteiger partial charge in [-0.3, -0.25) is 0 Å². The van der Waals surface area contributed by atoms with Crippen LogP contribution in [0, 0.1) is 11.8 Å². The monoisotopic (exact) mass is 419 g/mol. The second-order valence-electron chi connectivity index (χ2n) is 8.15. The van der Waals surface area contributed by atoms with Crippen molar-refractivity contribution in [2.24, 2.45) is 11.8 Å². The molecule has 0 spiro atoms. The molecule has 0 unspecified atom stereocenters. The lowest BCUT2D eigenvalue weighted by Gasteiger charge is -2.53. The number of rotatable bonds is 6. The van der Waals surface area contributed by atoms with Crippen LogP contribution in [0.15, 0.2) is 48.5 Å². The molecule has 0 aliphatic carbocycles. The van der Waals surface area contributed by atoms with Gasteiger partial charge < -0.3 is 10.4 Å². The first-order chi connectivity index (χ1) is 13.4. The molecule has 2 aromatic carbocycles. The molecule has 1 aliphatic rings. The highest BCUT2D eigenvalue weighted by atomic mass is 35.5. The fourth-order valence-electron chi connectivity index (χ4n) is 4.96. The molecule has 0 amide bonds. The summed E-state index contributed by atoms with van der Waals surface area (Å²) in [5.41, 5.74) is 1.62. The molecule has 2 aromatic rings. The van der Waals surface area contributed by atoms with Gasteiger partial charge >= 0.3 is 0 Å². The Hall–Kier alpha value is -1.06. The lowest BCUT2D eigenvalue weighted by molar-refractivity contribution is -0.125. The third kappa shape index (κ3) is 4.26. The Kier molecular flexibility index (Phi) is 7.09. The van der Waals surface area contributed by atoms with E-state index in [2.05, 4.69) is 50.4 Å². The molecular weight excluding hydrogens is 389 g/mol. The summed E-state index contributed by atoms with van der Waals surface area (Å²) in [7, 11) is 0. The average molecular weight is 420 g/mol. The van der Waals surface area contributed by atoms with E-state index in [1.807, 2.05) is 24.3 Å². The van der Waals surface area contributed by atoms with Gasteiger partial charge in [0.1, 0.15) is 0 Å². The van der Waals surface area contributed by atoms with Crippen LogP contribution in [0.1, 0.15) is 69.7 Å². The fourth-order valence-corrected chi connectivity index (χ4v) is 5.22. The van der Waals surface area contributed by atoms with Crippen LogP contribution in [0.3, 0.4) is 0 Å². The molecule has 0 bridgehead atoms. The van der Waals surface area contributed by atoms with Gasteiger partial charge in [0.2, 0.25) is 0 Å². The molecule has 1 aliphatic heterocycles. The number of benzene rings is 2. The quantitative estimate of drug-likeness (QED) is 0.529. The Balaban J connectivity index is 2.06. The van der Waals surface area contributed by atoms with Crippen molar-refractivity contribution in [2.75, 3.05) is 0 Å². The zero-order valence-corrected chi connectivity index (χ0v) is 18.5. The predicted octanol–water partition coefficient (Wildman–Crippen LogP) is 6.96. The molecule has 3 rings (SSSR count). The van der Waals surface area contributed by atoms with Crippen molar-refractivity contribution in [3.8, 4) is 0 Å². The van der Waals surface area contributed by atoms with Crippen LogP contribution in [0.5, 0.6) is 0 Å². The van der Waals surface area contributed by atoms with Crippen molar-refractivity contribution in [3.63, 3.8) is 0 Å². The van der Waals surface area contributed by atoms with Crippen LogP contribution < -0.4 is 5.32 Å². The van der Waals surface area contributed by atoms with Crippen LogP contribution in [0.4, 0.5) is 0 Å². The highest BCUT2D eigenvalue weighted by molar-refractivity contribution is 6.30. The van der Waals surface area contributed by atoms with Gasteiger partial charge in [0.15, 0.2) is 0 Å². The third-order valence-electron chi connectivity index (χ3n) is 6.40. The molecule has 2 nitrogen and oxygen atoms in total. The highest BCUT2D eigenvalue weighted by Crippen LogP contribution is 2.50. The van der Waals surface area contributed by atoms with Crippen LogP contribution in [-0.2, 0) is 0 Å². The van der Waals surface area contributed by atoms with Gasteiger partial charge in [-0.05, 0) is 48.2 Å². The van der Waals surface area contributed by atoms with E-state index >= 15 is 0 Å². The van der Waals surface area contributed by atoms with Gasteiger partial charge in [-0.15, -0.1) is 0 Å². The SMILES string of the molecule is CCC[C@H]1[C@H](c2ccc(Cl)cc2)N[C@H](c2ccc(Cl)cc2)[C@H](C)[C@]1(O)CCC. The van der Waals surface area contributed by atoms with Gasteiger partial charge in [-0.2, -0.15) is 0 Å². The Morgan fingerprint density at radius 1 is 0.857 bits per heavy atom. The van der Waals surface area contributed by atoms with Gasteiger partial charge in [-0.1, -0.05) is 81.1 Å². The molecule has 1 heterocycles. The summed E-state index contributed by atoms with van der Waals surface area (Å²) in [5.74, 6) is 0.242. The van der Waals surface area contributed by atoms with E-state index in [1.54, 1.807) is 0 Å². The summed E-state index contributed by atoms with van der Waals surface area (Å²) in [6.45, 7) is 6.54. The smallest absolute Gasteiger partial charge is 0.0737 e. The molecule has 5 atom stereocenters. The van der Waals surface area contributed by atoms with Crippen molar-refractivity contribution in [1.82, 2.24) is 5.32 Å². The molecule has 4 heteroatoms. The fraction of sp³-hybridized carbons (Fsp3) is 0.500. The highest BCUT2D eigenvalue weighted by Gasteiger charge is 2.51. The van der Waals surface area contributed by atoms with Crippen molar-refractivity contribution in [1.29, 1.82) is 0 Å². The molecule has 0 aromatic heterocycles. The largest absolute Gasteiger partial charge is 0.389 e. The summed E-state index contributed by atoms with van der Waals surface area (Å²) >= 11 is 12.2. The summed E-state index contributed by atoms with van der Waals surface area (Å²) in [6.07, 6.45) is 3.78. The molecule has 2 N–H and O–H groups in total. The van der Waals surface area contributed by atoms with Crippen molar-refractivity contribution in [2.45, 2.75) is 64.1 Å². The maximum absolute atomic E-state index is 12.0. The molecule has 0 saturated carbocycles. The van der Waals surface area contributed by atoms with Gasteiger partial charge in [-0.25, -0.2) is 0 Å². The lowest BCUT2D eigenvalue weighted by Crippen LogP contribution is -2.58. The minimum Gasteiger partial charge on any atom is -0.389 e. The Morgan fingerprint density at radius 3 is 1.82 bits per heavy atom. The number of halogens is 2. The Labute approximate surface area is 179 Å². The topological polar surface area (TPSA) is 32.3 Å². The summed E-state index contributed by atoms with van der Waals surface area (Å²) in [5, 5.41) is 17.4. The number of hydrogen-bond donors (Lipinski definition) is 2. The van der Waals surface area contributed by atoms with Crippen LogP contribution >= 0.6 is 23.2 Å². The first kappa shape index (κ1) is 21.6. The molecule has 1 saturated heterocycles. The molecule has 152 valence electrons. The van der Waals surface area contributed by atoms with Gasteiger partial charge in [0.25, 0.3) is 0 Å². The van der Waals surface area contributed by atoms with Crippen molar-refractivity contribution < 1.29 is 5.11 Å². The number of hydrogen-bond acceptors (Lipinski definition) is 2. The molecular formula is C24H31Cl2NO. The summed E-state index contributed by atoms with van der Waals surface area (Å²) in [6, 6.07) is 16.2. The maximum Gasteiger partial charge on any atom is 0.0737 e. The van der Waals surface area contributed by atoms with Crippen molar-refractivity contribution >= 4 is 23.2 Å². The first-order valence-corrected chi connectivity index (χ1v) is 11.2. The van der Waals surface area contributed by atoms with E-state index in [0.29, 0.717) is 0 Å². The second-order valence-corrected chi connectivity index (χ2v) is 9.02. The zero-order valence-electron chi connectivity index (χ0n) is 17.0. The van der Waals surface area contributed by atoms with E-state index in [4.69, 9.17) is 23.2 Å². The number of aliphatic hydroxyl groups is 1.